The molecule has 0 bridgehead atoms. The largest absolute Gasteiger partial charge is 0.478 e. The van der Waals surface area contributed by atoms with Gasteiger partial charge in [0.1, 0.15) is 0 Å². The number of thioether (sulfide) groups is 1. The number of amides is 2. The lowest BCUT2D eigenvalue weighted by atomic mass is 10.1. The Morgan fingerprint density at radius 3 is 2.37 bits per heavy atom. The van der Waals surface area contributed by atoms with Crippen molar-refractivity contribution >= 4 is 40.7 Å². The highest BCUT2D eigenvalue weighted by Gasteiger charge is 2.24. The average Bonchev–Trinajstić information content (AvgIpc) is 2.72. The Bertz CT molecular complexity index is 632. The van der Waals surface area contributed by atoms with Crippen molar-refractivity contribution in [2.24, 2.45) is 10.7 Å². The number of carbonyl (C=O) groups is 3. The van der Waals surface area contributed by atoms with E-state index in [0.717, 1.165) is 11.8 Å². The molecule has 0 unspecified atom stereocenters. The van der Waals surface area contributed by atoms with Gasteiger partial charge in [-0.15, -0.1) is 0 Å². The fourth-order valence-electron chi connectivity index (χ4n) is 1.39. The zero-order valence-electron chi connectivity index (χ0n) is 9.49. The van der Waals surface area contributed by atoms with E-state index in [1.807, 2.05) is 0 Å². The summed E-state index contributed by atoms with van der Waals surface area (Å²) in [5, 5.41) is 8.71. The third kappa shape index (κ3) is 2.89. The molecule has 2 amide bonds. The van der Waals surface area contributed by atoms with Gasteiger partial charge in [-0.3, -0.25) is 9.59 Å². The van der Waals surface area contributed by atoms with Gasteiger partial charge in [0.25, 0.3) is 11.8 Å². The zero-order chi connectivity index (χ0) is 14.0. The minimum Gasteiger partial charge on any atom is -0.478 e. The maximum atomic E-state index is 11.5. The molecule has 0 radical (unpaired) electrons. The average molecular weight is 276 g/mol. The molecule has 1 heterocycles. The monoisotopic (exact) mass is 276 g/mol. The first-order valence-electron chi connectivity index (χ1n) is 5.13. The van der Waals surface area contributed by atoms with Crippen LogP contribution in [-0.4, -0.2) is 27.9 Å². The number of primary amides is 1. The second-order valence-corrected chi connectivity index (χ2v) is 4.65. The van der Waals surface area contributed by atoms with Crippen LogP contribution in [0.2, 0.25) is 0 Å². The first-order chi connectivity index (χ1) is 8.97. The Balaban J connectivity index is 2.22. The molecule has 1 aromatic carbocycles. The van der Waals surface area contributed by atoms with E-state index in [2.05, 4.69) is 4.99 Å². The molecule has 6 nitrogen and oxygen atoms in total. The number of carboxylic acid groups (broad SMARTS) is 1. The number of nitrogens with two attached hydrogens (primary N) is 1. The molecule has 19 heavy (non-hydrogen) atoms. The summed E-state index contributed by atoms with van der Waals surface area (Å²) in [6.45, 7) is 0. The van der Waals surface area contributed by atoms with Crippen LogP contribution in [0.5, 0.6) is 0 Å². The van der Waals surface area contributed by atoms with Crippen molar-refractivity contribution < 1.29 is 19.5 Å². The normalized spacial score (nSPS) is 16.5. The lowest BCUT2D eigenvalue weighted by molar-refractivity contribution is -0.114. The zero-order valence-corrected chi connectivity index (χ0v) is 10.3. The summed E-state index contributed by atoms with van der Waals surface area (Å²) in [4.78, 5) is 36.9. The van der Waals surface area contributed by atoms with Crippen LogP contribution in [0.3, 0.4) is 0 Å². The van der Waals surface area contributed by atoms with Crippen LogP contribution in [0, 0.1) is 0 Å². The topological polar surface area (TPSA) is 110 Å². The van der Waals surface area contributed by atoms with E-state index < -0.39 is 17.8 Å². The number of carboxylic acids is 1. The molecule has 0 aliphatic carbocycles. The SMILES string of the molecule is NC(=O)C1=NC(=O)C(=Cc2ccc(C(=O)O)cc2)S1. The van der Waals surface area contributed by atoms with Crippen molar-refractivity contribution in [3.8, 4) is 0 Å². The van der Waals surface area contributed by atoms with E-state index in [0.29, 0.717) is 5.56 Å². The van der Waals surface area contributed by atoms with Crippen molar-refractivity contribution in [3.63, 3.8) is 0 Å². The highest BCUT2D eigenvalue weighted by atomic mass is 32.2. The predicted molar refractivity (Wildman–Crippen MR) is 70.6 cm³/mol. The number of nitrogens with zero attached hydrogens (tertiary/aromatic N) is 1. The van der Waals surface area contributed by atoms with Gasteiger partial charge in [0.05, 0.1) is 10.5 Å². The van der Waals surface area contributed by atoms with Crippen molar-refractivity contribution in [2.75, 3.05) is 0 Å². The lowest BCUT2D eigenvalue weighted by Gasteiger charge is -1.97. The van der Waals surface area contributed by atoms with Crippen LogP contribution in [0.15, 0.2) is 34.2 Å². The van der Waals surface area contributed by atoms with Gasteiger partial charge < -0.3 is 10.8 Å². The van der Waals surface area contributed by atoms with Crippen LogP contribution < -0.4 is 5.73 Å². The molecule has 1 aromatic rings. The van der Waals surface area contributed by atoms with Crippen LogP contribution in [0.4, 0.5) is 0 Å². The minimum atomic E-state index is -1.02. The molecule has 0 aromatic heterocycles. The van der Waals surface area contributed by atoms with Crippen molar-refractivity contribution in [2.45, 2.75) is 0 Å². The molecule has 0 saturated heterocycles. The number of benzene rings is 1. The highest BCUT2D eigenvalue weighted by molar-refractivity contribution is 8.20. The fraction of sp³-hybridized carbons (Fsp3) is 0. The van der Waals surface area contributed by atoms with E-state index in [1.54, 1.807) is 12.1 Å². The summed E-state index contributed by atoms with van der Waals surface area (Å²) < 4.78 is 0. The Labute approximate surface area is 112 Å². The second-order valence-electron chi connectivity index (χ2n) is 3.62. The molecule has 1 aliphatic rings. The minimum absolute atomic E-state index is 0.0431. The van der Waals surface area contributed by atoms with Crippen molar-refractivity contribution in [1.82, 2.24) is 0 Å². The first-order valence-corrected chi connectivity index (χ1v) is 5.95. The maximum Gasteiger partial charge on any atom is 0.335 e. The van der Waals surface area contributed by atoms with Gasteiger partial charge in [0, 0.05) is 0 Å². The Morgan fingerprint density at radius 2 is 1.89 bits per heavy atom. The van der Waals surface area contributed by atoms with Gasteiger partial charge in [-0.1, -0.05) is 23.9 Å². The molecule has 0 spiro atoms. The Kier molecular flexibility index (Phi) is 3.48. The lowest BCUT2D eigenvalue weighted by Crippen LogP contribution is -2.18. The van der Waals surface area contributed by atoms with Crippen molar-refractivity contribution in [3.05, 3.63) is 40.3 Å². The van der Waals surface area contributed by atoms with E-state index >= 15 is 0 Å². The van der Waals surface area contributed by atoms with E-state index in [1.165, 1.54) is 18.2 Å². The molecule has 3 N–H and O–H groups in total. The standard InChI is InChI=1S/C12H8N2O4S/c13-9(15)11-14-10(16)8(19-11)5-6-1-3-7(4-2-6)12(17)18/h1-5H,(H2,13,15)(H,17,18). The number of carbonyl (C=O) groups excluding carboxylic acids is 2. The number of rotatable bonds is 3. The molecule has 1 aliphatic heterocycles. The predicted octanol–water partition coefficient (Wildman–Crippen LogP) is 0.883. The smallest absolute Gasteiger partial charge is 0.335 e. The third-order valence-electron chi connectivity index (χ3n) is 2.29. The summed E-state index contributed by atoms with van der Waals surface area (Å²) in [5.74, 6) is -2.30. The first kappa shape index (κ1) is 13.0. The number of hydrogen-bond acceptors (Lipinski definition) is 4. The molecule has 0 atom stereocenters. The molecule has 2 rings (SSSR count). The molecule has 7 heteroatoms. The summed E-state index contributed by atoms with van der Waals surface area (Å²) in [6.07, 6.45) is 1.53. The van der Waals surface area contributed by atoms with E-state index in [9.17, 15) is 14.4 Å². The van der Waals surface area contributed by atoms with E-state index in [-0.39, 0.29) is 15.5 Å². The van der Waals surface area contributed by atoms with E-state index in [4.69, 9.17) is 10.8 Å². The Morgan fingerprint density at radius 1 is 1.26 bits per heavy atom. The summed E-state index contributed by atoms with van der Waals surface area (Å²) in [5.41, 5.74) is 5.83. The molecule has 96 valence electrons. The van der Waals surface area contributed by atoms with Gasteiger partial charge in [-0.2, -0.15) is 4.99 Å². The van der Waals surface area contributed by atoms with Gasteiger partial charge in [0.15, 0.2) is 5.04 Å². The molecular formula is C12H8N2O4S. The van der Waals surface area contributed by atoms with Gasteiger partial charge in [0.2, 0.25) is 0 Å². The fourth-order valence-corrected chi connectivity index (χ4v) is 2.15. The summed E-state index contributed by atoms with van der Waals surface area (Å²) in [6, 6.07) is 5.97. The van der Waals surface area contributed by atoms with Gasteiger partial charge >= 0.3 is 5.97 Å². The second kappa shape index (κ2) is 5.07. The molecule has 0 fully saturated rings. The van der Waals surface area contributed by atoms with Gasteiger partial charge in [-0.05, 0) is 23.8 Å². The number of hydrogen-bond donors (Lipinski definition) is 2. The Hall–Kier alpha value is -2.41. The van der Waals surface area contributed by atoms with Crippen molar-refractivity contribution in [1.29, 1.82) is 0 Å². The quantitative estimate of drug-likeness (QED) is 0.796. The molecular weight excluding hydrogens is 268 g/mol. The van der Waals surface area contributed by atoms with Crippen LogP contribution in [-0.2, 0) is 9.59 Å². The van der Waals surface area contributed by atoms with Gasteiger partial charge in [-0.25, -0.2) is 4.79 Å². The highest BCUT2D eigenvalue weighted by Crippen LogP contribution is 2.28. The van der Waals surface area contributed by atoms with Crippen LogP contribution in [0.1, 0.15) is 15.9 Å². The van der Waals surface area contributed by atoms with Crippen LogP contribution >= 0.6 is 11.8 Å². The maximum absolute atomic E-state index is 11.5. The number of aliphatic imine (C=N–C) groups is 1. The number of aromatic carboxylic acids is 1. The summed E-state index contributed by atoms with van der Waals surface area (Å²) >= 11 is 0.903. The third-order valence-corrected chi connectivity index (χ3v) is 3.28. The van der Waals surface area contributed by atoms with Crippen LogP contribution in [0.25, 0.3) is 6.08 Å². The summed E-state index contributed by atoms with van der Waals surface area (Å²) in [7, 11) is 0. The molecule has 0 saturated carbocycles.